The number of aliphatic hydroxyl groups excluding tert-OH is 1. The molecule has 0 spiro atoms. The normalized spacial score (nSPS) is 21.1. The number of nitrogens with two attached hydrogens (primary N) is 1. The van der Waals surface area contributed by atoms with Gasteiger partial charge in [0.15, 0.2) is 0 Å². The Morgan fingerprint density at radius 1 is 1.35 bits per heavy atom. The average Bonchev–Trinajstić information content (AvgIpc) is 2.45. The minimum atomic E-state index is -1.92. The van der Waals surface area contributed by atoms with Gasteiger partial charge in [-0.2, -0.15) is 0 Å². The molecular formula is C17H23NO2. The third kappa shape index (κ3) is 4.08. The Balaban J connectivity index is 2.12. The fourth-order valence-corrected chi connectivity index (χ4v) is 2.50. The van der Waals surface area contributed by atoms with Crippen LogP contribution in [0, 0.1) is 11.8 Å². The monoisotopic (exact) mass is 275 g/mol. The first-order valence-electron chi connectivity index (χ1n) is 8.10. The molecule has 3 nitrogen and oxygen atoms in total. The number of hydrogen-bond donors (Lipinski definition) is 3. The fraction of sp³-hybridized carbons (Fsp3) is 0.529. The number of benzene rings is 1. The molecule has 3 heteroatoms. The van der Waals surface area contributed by atoms with Crippen LogP contribution in [0.4, 0.5) is 0 Å². The first kappa shape index (κ1) is 12.4. The van der Waals surface area contributed by atoms with Crippen LogP contribution in [0.25, 0.3) is 0 Å². The largest absolute Gasteiger partial charge is 0.388 e. The molecule has 1 saturated carbocycles. The van der Waals surface area contributed by atoms with Crippen molar-refractivity contribution in [3.63, 3.8) is 0 Å². The van der Waals surface area contributed by atoms with E-state index in [0.29, 0.717) is 24.0 Å². The summed E-state index contributed by atoms with van der Waals surface area (Å²) in [5.74, 6) is 5.93. The van der Waals surface area contributed by atoms with Gasteiger partial charge in [0.1, 0.15) is 5.60 Å². The highest BCUT2D eigenvalue weighted by Crippen LogP contribution is 2.27. The quantitative estimate of drug-likeness (QED) is 0.740. The van der Waals surface area contributed by atoms with Crippen LogP contribution in [0.3, 0.4) is 0 Å². The van der Waals surface area contributed by atoms with Crippen LogP contribution in [0.1, 0.15) is 58.5 Å². The molecule has 0 aliphatic heterocycles. The molecule has 4 N–H and O–H groups in total. The van der Waals surface area contributed by atoms with Gasteiger partial charge in [-0.25, -0.2) is 0 Å². The summed E-state index contributed by atoms with van der Waals surface area (Å²) in [6, 6.07) is 7.01. The molecule has 1 atom stereocenters. The highest BCUT2D eigenvalue weighted by atomic mass is 16.3. The average molecular weight is 275 g/mol. The second-order valence-corrected chi connectivity index (χ2v) is 5.39. The van der Waals surface area contributed by atoms with Crippen LogP contribution in [0.15, 0.2) is 24.3 Å². The summed E-state index contributed by atoms with van der Waals surface area (Å²) in [4.78, 5) is 0. The summed E-state index contributed by atoms with van der Waals surface area (Å²) in [7, 11) is 0. The highest BCUT2D eigenvalue weighted by molar-refractivity contribution is 5.39. The molecule has 1 aromatic carbocycles. The van der Waals surface area contributed by atoms with Gasteiger partial charge in [-0.1, -0.05) is 30.4 Å². The van der Waals surface area contributed by atoms with E-state index in [9.17, 15) is 10.2 Å². The summed E-state index contributed by atoms with van der Waals surface area (Å²) in [5, 5.41) is 20.4. The van der Waals surface area contributed by atoms with Gasteiger partial charge in [0.25, 0.3) is 0 Å². The third-order valence-corrected chi connectivity index (χ3v) is 3.70. The van der Waals surface area contributed by atoms with Crippen LogP contribution in [0.2, 0.25) is 0 Å². The van der Waals surface area contributed by atoms with Gasteiger partial charge >= 0.3 is 0 Å². The molecule has 0 saturated heterocycles. The summed E-state index contributed by atoms with van der Waals surface area (Å²) in [5.41, 5.74) is 5.68. The van der Waals surface area contributed by atoms with Gasteiger partial charge in [0.05, 0.1) is 6.10 Å². The SMILES string of the molecule is [2H]C([2H])(N)CC(O)c1cccc(C#CC2(O)CCCCC2)c1. The lowest BCUT2D eigenvalue weighted by atomic mass is 9.85. The van der Waals surface area contributed by atoms with E-state index in [1.54, 1.807) is 18.2 Å². The van der Waals surface area contributed by atoms with Crippen molar-refractivity contribution in [1.82, 2.24) is 0 Å². The third-order valence-electron chi connectivity index (χ3n) is 3.70. The number of rotatable bonds is 3. The van der Waals surface area contributed by atoms with Gasteiger partial charge in [-0.3, -0.25) is 0 Å². The number of hydrogen-bond acceptors (Lipinski definition) is 3. The Morgan fingerprint density at radius 2 is 2.10 bits per heavy atom. The van der Waals surface area contributed by atoms with Crippen LogP contribution >= 0.6 is 0 Å². The lowest BCUT2D eigenvalue weighted by Crippen LogP contribution is -2.29. The van der Waals surface area contributed by atoms with E-state index in [2.05, 4.69) is 11.8 Å². The maximum Gasteiger partial charge on any atom is 0.125 e. The van der Waals surface area contributed by atoms with Crippen molar-refractivity contribution in [3.05, 3.63) is 35.4 Å². The van der Waals surface area contributed by atoms with Crippen molar-refractivity contribution >= 4 is 0 Å². The van der Waals surface area contributed by atoms with Crippen molar-refractivity contribution < 1.29 is 13.0 Å². The van der Waals surface area contributed by atoms with E-state index in [4.69, 9.17) is 8.48 Å². The smallest absolute Gasteiger partial charge is 0.125 e. The van der Waals surface area contributed by atoms with Crippen LogP contribution < -0.4 is 5.73 Å². The van der Waals surface area contributed by atoms with Gasteiger partial charge in [0, 0.05) is 8.30 Å². The molecule has 2 rings (SSSR count). The van der Waals surface area contributed by atoms with E-state index in [0.717, 1.165) is 19.3 Å². The van der Waals surface area contributed by atoms with E-state index < -0.39 is 18.2 Å². The first-order valence-corrected chi connectivity index (χ1v) is 7.10. The molecule has 1 aliphatic rings. The molecule has 0 heterocycles. The predicted octanol–water partition coefficient (Wildman–Crippen LogP) is 2.12. The molecule has 0 aromatic heterocycles. The fourth-order valence-electron chi connectivity index (χ4n) is 2.50. The molecule has 108 valence electrons. The summed E-state index contributed by atoms with van der Waals surface area (Å²) in [6.45, 7) is -1.92. The van der Waals surface area contributed by atoms with Crippen LogP contribution in [-0.4, -0.2) is 22.3 Å². The summed E-state index contributed by atoms with van der Waals surface area (Å²) >= 11 is 0. The van der Waals surface area contributed by atoms with Crippen molar-refractivity contribution in [2.45, 2.75) is 50.2 Å². The topological polar surface area (TPSA) is 66.5 Å². The van der Waals surface area contributed by atoms with Crippen LogP contribution in [-0.2, 0) is 0 Å². The zero-order valence-electron chi connectivity index (χ0n) is 13.6. The Labute approximate surface area is 123 Å². The molecule has 0 amide bonds. The second-order valence-electron chi connectivity index (χ2n) is 5.39. The van der Waals surface area contributed by atoms with Crippen molar-refractivity contribution in [1.29, 1.82) is 0 Å². The lowest BCUT2D eigenvalue weighted by Gasteiger charge is -2.26. The van der Waals surface area contributed by atoms with Gasteiger partial charge in [-0.05, 0) is 56.3 Å². The first-order chi connectivity index (χ1) is 10.3. The van der Waals surface area contributed by atoms with E-state index in [1.807, 2.05) is 6.07 Å². The van der Waals surface area contributed by atoms with Crippen LogP contribution in [0.5, 0.6) is 0 Å². The molecule has 1 aliphatic carbocycles. The van der Waals surface area contributed by atoms with Crippen molar-refractivity contribution in [3.8, 4) is 11.8 Å². The minimum absolute atomic E-state index is 0.173. The van der Waals surface area contributed by atoms with Gasteiger partial charge in [0.2, 0.25) is 0 Å². The molecule has 1 unspecified atom stereocenters. The lowest BCUT2D eigenvalue weighted by molar-refractivity contribution is 0.0610. The van der Waals surface area contributed by atoms with Crippen molar-refractivity contribution in [2.24, 2.45) is 5.73 Å². The molecule has 1 aromatic rings. The van der Waals surface area contributed by atoms with E-state index in [-0.39, 0.29) is 6.42 Å². The Kier molecular flexibility index (Phi) is 4.28. The van der Waals surface area contributed by atoms with E-state index >= 15 is 0 Å². The molecule has 20 heavy (non-hydrogen) atoms. The second kappa shape index (κ2) is 6.90. The maximum absolute atomic E-state index is 10.4. The maximum atomic E-state index is 10.4. The Hall–Kier alpha value is -1.34. The number of aliphatic hydroxyl groups is 2. The molecular weight excluding hydrogens is 250 g/mol. The summed E-state index contributed by atoms with van der Waals surface area (Å²) < 4.78 is 14.7. The van der Waals surface area contributed by atoms with Gasteiger partial charge in [-0.15, -0.1) is 0 Å². The zero-order chi connectivity index (χ0) is 16.2. The standard InChI is InChI=1S/C17H23NO2/c18-12-8-16(19)15-6-4-5-14(13-15)7-11-17(20)9-2-1-3-10-17/h4-6,13,16,19-20H,1-3,8-10,12,18H2/i12D2. The molecule has 1 fully saturated rings. The van der Waals surface area contributed by atoms with Gasteiger partial charge < -0.3 is 15.9 Å². The predicted molar refractivity (Wildman–Crippen MR) is 80.0 cm³/mol. The molecule has 0 radical (unpaired) electrons. The Morgan fingerprint density at radius 3 is 2.80 bits per heavy atom. The zero-order valence-corrected chi connectivity index (χ0v) is 11.6. The minimum Gasteiger partial charge on any atom is -0.388 e. The van der Waals surface area contributed by atoms with Crippen molar-refractivity contribution in [2.75, 3.05) is 6.50 Å². The highest BCUT2D eigenvalue weighted by Gasteiger charge is 2.26. The Bertz CT molecular complexity index is 566. The molecule has 0 bridgehead atoms. The summed E-state index contributed by atoms with van der Waals surface area (Å²) in [6.07, 6.45) is 3.40. The van der Waals surface area contributed by atoms with E-state index in [1.165, 1.54) is 0 Å².